The summed E-state index contributed by atoms with van der Waals surface area (Å²) in [5.41, 5.74) is 4.11. The molecule has 58 heavy (non-hydrogen) atoms. The summed E-state index contributed by atoms with van der Waals surface area (Å²) in [4.78, 5) is 105. The Bertz CT molecular complexity index is 1970. The largest absolute Gasteiger partial charge is 0.481 e. The molecule has 2 aromatic heterocycles. The third-order valence-corrected chi connectivity index (χ3v) is 12.0. The van der Waals surface area contributed by atoms with Crippen LogP contribution in [0.5, 0.6) is 0 Å². The number of nitrogens with two attached hydrogens (primary N) is 1. The number of fused-ring (bicyclic) bond motifs is 1. The fraction of sp³-hybridized carbons (Fsp3) is 0.667. The third kappa shape index (κ3) is 15.3. The quantitative estimate of drug-likeness (QED) is 0.0429. The van der Waals surface area contributed by atoms with Crippen LogP contribution in [-0.2, 0) is 59.8 Å². The van der Waals surface area contributed by atoms with Gasteiger partial charge in [0, 0.05) is 30.7 Å². The topological polar surface area (TPSA) is 430 Å². The van der Waals surface area contributed by atoms with Crippen molar-refractivity contribution in [2.45, 2.75) is 57.0 Å². The zero-order valence-electron chi connectivity index (χ0n) is 29.9. The maximum Gasteiger partial charge on any atom is 0.481 e. The number of halogens is 1. The predicted octanol–water partition coefficient (Wildman–Crippen LogP) is -1.89. The molecule has 1 fully saturated rings. The highest BCUT2D eigenvalue weighted by Crippen LogP contribution is 2.61. The van der Waals surface area contributed by atoms with E-state index in [1.807, 2.05) is 0 Å². The number of nitrogen functional groups attached to an aromatic ring is 1. The normalized spacial score (nSPS) is 22.2. The van der Waals surface area contributed by atoms with Crippen molar-refractivity contribution in [1.29, 1.82) is 0 Å². The Hall–Kier alpha value is -2.40. The van der Waals surface area contributed by atoms with Crippen molar-refractivity contribution < 1.29 is 104 Å². The van der Waals surface area contributed by atoms with Gasteiger partial charge in [-0.25, -0.2) is 37.6 Å². The van der Waals surface area contributed by atoms with E-state index in [1.54, 1.807) is 0 Å². The van der Waals surface area contributed by atoms with Crippen LogP contribution in [0.3, 0.4) is 0 Å². The van der Waals surface area contributed by atoms with E-state index in [-0.39, 0.29) is 42.2 Å². The minimum atomic E-state index is -5.62. The second-order valence-electron chi connectivity index (χ2n) is 12.5. The second-order valence-corrected chi connectivity index (χ2v) is 19.0. The highest BCUT2D eigenvalue weighted by Gasteiger charge is 2.50. The number of hydrogen-bond donors (Lipinski definition) is 11. The van der Waals surface area contributed by atoms with Crippen molar-refractivity contribution in [3.63, 3.8) is 0 Å². The van der Waals surface area contributed by atoms with Gasteiger partial charge >= 0.3 is 31.3 Å². The zero-order valence-corrected chi connectivity index (χ0v) is 34.3. The molecule has 0 bridgehead atoms. The minimum absolute atomic E-state index is 0.00422. The maximum absolute atomic E-state index is 12.8. The summed E-state index contributed by atoms with van der Waals surface area (Å²) in [6.07, 6.45) is -9.39. The standard InChI is InChI=1S/C24H40FN7O21P4S/c1-24(2,18(35)21(36)28-4-3-14(33)27-5-6-58-23(37)12(7-25)51-54(38,39)40)9-49-57(46,47)53-56(44,45)48-8-13-17(52-55(41,42)43)16(34)22(50-13)32-11-31-15-19(26)29-10-30-20(15)32/h10-13,16-18,22,34-35H,3-9H2,1-2H3,(H,27,33)(H,28,36)(H,44,45)(H,46,47)(H2,26,29,30)(H2,38,39,40)(H2,41,42,43). The molecule has 1 aliphatic heterocycles. The van der Waals surface area contributed by atoms with Gasteiger partial charge < -0.3 is 60.7 Å². The number of thioether (sulfide) groups is 1. The number of alkyl halides is 1. The first kappa shape index (κ1) is 50.0. The Morgan fingerprint density at radius 2 is 1.67 bits per heavy atom. The molecule has 0 aliphatic carbocycles. The van der Waals surface area contributed by atoms with Gasteiger partial charge in [0.05, 0.1) is 19.5 Å². The Morgan fingerprint density at radius 1 is 1.02 bits per heavy atom. The molecule has 0 spiro atoms. The fourth-order valence-electron chi connectivity index (χ4n) is 4.67. The van der Waals surface area contributed by atoms with E-state index >= 15 is 0 Å². The molecule has 28 nitrogen and oxygen atoms in total. The van der Waals surface area contributed by atoms with Gasteiger partial charge in [-0.1, -0.05) is 25.6 Å². The van der Waals surface area contributed by atoms with Gasteiger partial charge in [-0.3, -0.25) is 37.0 Å². The number of carbonyl (C=O) groups excluding carboxylic acids is 3. The lowest BCUT2D eigenvalue weighted by molar-refractivity contribution is -0.137. The number of aliphatic hydroxyl groups excluding tert-OH is 2. The molecule has 2 amide bonds. The Balaban J connectivity index is 1.48. The molecule has 12 N–H and O–H groups in total. The molecule has 2 aromatic rings. The number of amides is 2. The third-order valence-electron chi connectivity index (χ3n) is 7.41. The van der Waals surface area contributed by atoms with E-state index in [0.717, 1.165) is 17.2 Å². The average Bonchev–Trinajstić information content (AvgIpc) is 3.66. The van der Waals surface area contributed by atoms with Crippen molar-refractivity contribution in [2.75, 3.05) is 44.5 Å². The summed E-state index contributed by atoms with van der Waals surface area (Å²) >= 11 is 0.435. The smallest absolute Gasteiger partial charge is 0.386 e. The molecule has 3 heterocycles. The molecule has 34 heteroatoms. The van der Waals surface area contributed by atoms with Crippen LogP contribution in [0.1, 0.15) is 26.5 Å². The summed E-state index contributed by atoms with van der Waals surface area (Å²) in [7, 11) is -21.7. The molecule has 0 saturated carbocycles. The molecule has 3 rings (SSSR count). The summed E-state index contributed by atoms with van der Waals surface area (Å²) in [5, 5.41) is 24.9. The minimum Gasteiger partial charge on any atom is -0.386 e. The molecule has 1 aliphatic rings. The molecular weight excluding hydrogens is 897 g/mol. The number of ether oxygens (including phenoxy) is 1. The second kappa shape index (κ2) is 20.4. The number of aliphatic hydroxyl groups is 2. The Kier molecular flexibility index (Phi) is 17.6. The lowest BCUT2D eigenvalue weighted by Crippen LogP contribution is -2.46. The SMILES string of the molecule is CC(C)(COP(=O)(O)OP(=O)(O)OCC1OC(n2cnc3c(N)ncnc32)C(O)C1OP(=O)(O)O)C(O)C(=O)NCCC(=O)NCCSC(=O)C(CF)OP(=O)(O)O. The maximum atomic E-state index is 12.8. The van der Waals surface area contributed by atoms with Gasteiger partial charge in [0.25, 0.3) is 0 Å². The van der Waals surface area contributed by atoms with Crippen LogP contribution < -0.4 is 16.4 Å². The monoisotopic (exact) mass is 937 g/mol. The summed E-state index contributed by atoms with van der Waals surface area (Å²) in [6, 6.07) is 0. The first-order valence-electron chi connectivity index (χ1n) is 16.0. The van der Waals surface area contributed by atoms with Crippen LogP contribution >= 0.6 is 43.1 Å². The van der Waals surface area contributed by atoms with E-state index in [2.05, 4.69) is 38.9 Å². The van der Waals surface area contributed by atoms with E-state index in [9.17, 15) is 66.8 Å². The van der Waals surface area contributed by atoms with E-state index < -0.39 is 110 Å². The van der Waals surface area contributed by atoms with Crippen molar-refractivity contribution >= 4 is 77.0 Å². The number of nitrogens with zero attached hydrogens (tertiary/aromatic N) is 4. The summed E-state index contributed by atoms with van der Waals surface area (Å²) in [6.45, 7) is -1.77. The summed E-state index contributed by atoms with van der Waals surface area (Å²) in [5.74, 6) is -1.93. The highest BCUT2D eigenvalue weighted by atomic mass is 32.2. The number of hydrogen-bond acceptors (Lipinski definition) is 20. The number of rotatable bonds is 23. The van der Waals surface area contributed by atoms with Crippen LogP contribution in [0.25, 0.3) is 11.2 Å². The van der Waals surface area contributed by atoms with Gasteiger partial charge in [-0.2, -0.15) is 4.31 Å². The number of imidazole rings is 1. The molecule has 8 atom stereocenters. The summed E-state index contributed by atoms with van der Waals surface area (Å²) < 4.78 is 89.5. The first-order chi connectivity index (χ1) is 26.7. The van der Waals surface area contributed by atoms with Crippen LogP contribution in [0.4, 0.5) is 10.2 Å². The molecule has 1 saturated heterocycles. The van der Waals surface area contributed by atoms with Gasteiger partial charge in [0.1, 0.15) is 42.9 Å². The first-order valence-corrected chi connectivity index (χ1v) is 23.0. The number of aromatic nitrogens is 4. The zero-order chi connectivity index (χ0) is 43.9. The molecule has 330 valence electrons. The van der Waals surface area contributed by atoms with Gasteiger partial charge in [-0.05, 0) is 0 Å². The molecular formula is C24H40FN7O21P4S. The van der Waals surface area contributed by atoms with Crippen LogP contribution in [0.2, 0.25) is 0 Å². The average molecular weight is 938 g/mol. The lowest BCUT2D eigenvalue weighted by Gasteiger charge is -2.30. The molecule has 8 unspecified atom stereocenters. The van der Waals surface area contributed by atoms with Crippen molar-refractivity contribution in [2.24, 2.45) is 5.41 Å². The van der Waals surface area contributed by atoms with Crippen molar-refractivity contribution in [3.05, 3.63) is 12.7 Å². The van der Waals surface area contributed by atoms with Gasteiger partial charge in [0.15, 0.2) is 23.8 Å². The highest BCUT2D eigenvalue weighted by molar-refractivity contribution is 8.13. The molecule has 0 radical (unpaired) electrons. The Labute approximate surface area is 330 Å². The number of carbonyl (C=O) groups is 3. The lowest BCUT2D eigenvalue weighted by atomic mass is 9.87. The molecule has 0 aromatic carbocycles. The fourth-order valence-corrected chi connectivity index (χ4v) is 8.76. The van der Waals surface area contributed by atoms with Crippen molar-refractivity contribution in [1.82, 2.24) is 30.2 Å². The van der Waals surface area contributed by atoms with Crippen molar-refractivity contribution in [3.8, 4) is 0 Å². The number of phosphoric ester groups is 4. The van der Waals surface area contributed by atoms with Gasteiger partial charge in [-0.15, -0.1) is 0 Å². The van der Waals surface area contributed by atoms with Gasteiger partial charge in [0.2, 0.25) is 16.9 Å². The van der Waals surface area contributed by atoms with Crippen LogP contribution in [0, 0.1) is 5.41 Å². The van der Waals surface area contributed by atoms with E-state index in [4.69, 9.17) is 29.3 Å². The Morgan fingerprint density at radius 3 is 2.29 bits per heavy atom. The van der Waals surface area contributed by atoms with E-state index in [1.165, 1.54) is 13.8 Å². The van der Waals surface area contributed by atoms with Crippen LogP contribution in [0.15, 0.2) is 12.7 Å². The number of nitrogens with one attached hydrogen (secondary N) is 2. The predicted molar refractivity (Wildman–Crippen MR) is 190 cm³/mol. The van der Waals surface area contributed by atoms with E-state index in [0.29, 0.717) is 11.8 Å². The van der Waals surface area contributed by atoms with Crippen LogP contribution in [-0.4, -0.2) is 145 Å². The number of phosphoric acid groups is 4. The number of anilines is 1.